The monoisotopic (exact) mass is 218 g/mol. The summed E-state index contributed by atoms with van der Waals surface area (Å²) in [7, 11) is -3.09. The van der Waals surface area contributed by atoms with Crippen LogP contribution in [0.15, 0.2) is 0 Å². The van der Waals surface area contributed by atoms with Gasteiger partial charge in [-0.3, -0.25) is 0 Å². The van der Waals surface area contributed by atoms with Crippen LogP contribution in [0.4, 0.5) is 0 Å². The Balaban J connectivity index is 2.15. The molecule has 1 aliphatic carbocycles. The summed E-state index contributed by atoms with van der Waals surface area (Å²) in [5.41, 5.74) is 5.56. The Bertz CT molecular complexity index is 303. The fourth-order valence-electron chi connectivity index (χ4n) is 2.09. The molecular formula is C9H18N2O2S. The van der Waals surface area contributed by atoms with Crippen molar-refractivity contribution in [2.45, 2.75) is 36.9 Å². The first-order valence-electron chi connectivity index (χ1n) is 5.32. The molecule has 14 heavy (non-hydrogen) atoms. The van der Waals surface area contributed by atoms with Gasteiger partial charge in [0.15, 0.2) is 0 Å². The third kappa shape index (κ3) is 1.47. The van der Waals surface area contributed by atoms with Crippen molar-refractivity contribution in [1.82, 2.24) is 4.31 Å². The average Bonchev–Trinajstić information content (AvgIpc) is 3.00. The van der Waals surface area contributed by atoms with Gasteiger partial charge < -0.3 is 5.73 Å². The Kier molecular flexibility index (Phi) is 2.57. The summed E-state index contributed by atoms with van der Waals surface area (Å²) in [6.07, 6.45) is 4.66. The summed E-state index contributed by atoms with van der Waals surface area (Å²) >= 11 is 0. The van der Waals surface area contributed by atoms with Crippen LogP contribution in [0.25, 0.3) is 0 Å². The topological polar surface area (TPSA) is 63.4 Å². The van der Waals surface area contributed by atoms with E-state index >= 15 is 0 Å². The van der Waals surface area contributed by atoms with Crippen molar-refractivity contribution in [3.63, 3.8) is 0 Å². The molecule has 1 aliphatic heterocycles. The standard InChI is InChI=1S/C9H18N2O2S/c10-8-9(4-5-9)14(12,13)11-6-2-1-3-7-11/h1-8,10H2. The molecule has 4 nitrogen and oxygen atoms in total. The van der Waals surface area contributed by atoms with E-state index in [4.69, 9.17) is 5.73 Å². The molecule has 2 rings (SSSR count). The number of piperidine rings is 1. The zero-order valence-electron chi connectivity index (χ0n) is 8.41. The minimum absolute atomic E-state index is 0.284. The van der Waals surface area contributed by atoms with E-state index < -0.39 is 14.8 Å². The van der Waals surface area contributed by atoms with E-state index in [0.717, 1.165) is 32.1 Å². The highest BCUT2D eigenvalue weighted by atomic mass is 32.2. The van der Waals surface area contributed by atoms with E-state index in [2.05, 4.69) is 0 Å². The predicted molar refractivity (Wildman–Crippen MR) is 55.4 cm³/mol. The molecule has 0 amide bonds. The largest absolute Gasteiger partial charge is 0.329 e. The molecule has 0 bridgehead atoms. The van der Waals surface area contributed by atoms with Gasteiger partial charge in [0, 0.05) is 19.6 Å². The maximum Gasteiger partial charge on any atom is 0.221 e. The second-order valence-electron chi connectivity index (χ2n) is 4.35. The molecule has 2 fully saturated rings. The van der Waals surface area contributed by atoms with Crippen molar-refractivity contribution >= 4 is 10.0 Å². The Hall–Kier alpha value is -0.130. The lowest BCUT2D eigenvalue weighted by Crippen LogP contribution is -2.46. The Morgan fingerprint density at radius 1 is 1.14 bits per heavy atom. The Morgan fingerprint density at radius 2 is 1.71 bits per heavy atom. The maximum atomic E-state index is 12.1. The third-order valence-electron chi connectivity index (χ3n) is 3.38. The van der Waals surface area contributed by atoms with Gasteiger partial charge in [-0.05, 0) is 25.7 Å². The molecule has 0 aromatic rings. The third-order valence-corrected chi connectivity index (χ3v) is 6.10. The quantitative estimate of drug-likeness (QED) is 0.740. The lowest BCUT2D eigenvalue weighted by atomic mass is 10.2. The summed E-state index contributed by atoms with van der Waals surface area (Å²) in [6, 6.07) is 0. The number of nitrogens with zero attached hydrogens (tertiary/aromatic N) is 1. The highest BCUT2D eigenvalue weighted by Crippen LogP contribution is 2.44. The molecule has 2 N–H and O–H groups in total. The van der Waals surface area contributed by atoms with Gasteiger partial charge in [-0.15, -0.1) is 0 Å². The summed E-state index contributed by atoms with van der Waals surface area (Å²) in [5.74, 6) is 0. The zero-order chi connectivity index (χ0) is 10.2. The number of rotatable bonds is 3. The Labute approximate surface area is 85.5 Å². The molecule has 5 heteroatoms. The van der Waals surface area contributed by atoms with Crippen LogP contribution in [0.1, 0.15) is 32.1 Å². The number of hydrogen-bond acceptors (Lipinski definition) is 3. The van der Waals surface area contributed by atoms with Gasteiger partial charge >= 0.3 is 0 Å². The zero-order valence-corrected chi connectivity index (χ0v) is 9.22. The van der Waals surface area contributed by atoms with Crippen molar-refractivity contribution in [3.05, 3.63) is 0 Å². The van der Waals surface area contributed by atoms with Crippen LogP contribution in [-0.4, -0.2) is 37.1 Å². The SMILES string of the molecule is NCC1(S(=O)(=O)N2CCCCC2)CC1. The molecule has 1 saturated carbocycles. The van der Waals surface area contributed by atoms with Crippen LogP contribution in [0.2, 0.25) is 0 Å². The normalized spacial score (nSPS) is 27.5. The predicted octanol–water partition coefficient (Wildman–Crippen LogP) is 0.293. The molecular weight excluding hydrogens is 200 g/mol. The summed E-state index contributed by atoms with van der Waals surface area (Å²) < 4.78 is 25.4. The number of sulfonamides is 1. The molecule has 0 atom stereocenters. The molecule has 2 aliphatic rings. The lowest BCUT2D eigenvalue weighted by Gasteiger charge is -2.29. The first-order valence-corrected chi connectivity index (χ1v) is 6.76. The van der Waals surface area contributed by atoms with Crippen LogP contribution in [0.3, 0.4) is 0 Å². The molecule has 1 saturated heterocycles. The number of nitrogens with two attached hydrogens (primary N) is 1. The van der Waals surface area contributed by atoms with Gasteiger partial charge in [0.05, 0.1) is 4.75 Å². The van der Waals surface area contributed by atoms with Gasteiger partial charge in [0.2, 0.25) is 10.0 Å². The highest BCUT2D eigenvalue weighted by molar-refractivity contribution is 7.90. The number of hydrogen-bond donors (Lipinski definition) is 1. The molecule has 0 aromatic carbocycles. The first kappa shape index (κ1) is 10.4. The van der Waals surface area contributed by atoms with Crippen molar-refractivity contribution in [3.8, 4) is 0 Å². The van der Waals surface area contributed by atoms with E-state index in [1.807, 2.05) is 0 Å². The van der Waals surface area contributed by atoms with E-state index in [0.29, 0.717) is 13.1 Å². The molecule has 82 valence electrons. The van der Waals surface area contributed by atoms with Gasteiger partial charge in [-0.2, -0.15) is 0 Å². The second kappa shape index (κ2) is 3.47. The van der Waals surface area contributed by atoms with Crippen molar-refractivity contribution < 1.29 is 8.42 Å². The van der Waals surface area contributed by atoms with Crippen LogP contribution < -0.4 is 5.73 Å². The first-order chi connectivity index (χ1) is 6.62. The summed E-state index contributed by atoms with van der Waals surface area (Å²) in [4.78, 5) is 0. The van der Waals surface area contributed by atoms with Crippen molar-refractivity contribution in [2.24, 2.45) is 5.73 Å². The van der Waals surface area contributed by atoms with Gasteiger partial charge in [0.25, 0.3) is 0 Å². The molecule has 0 aromatic heterocycles. The fraction of sp³-hybridized carbons (Fsp3) is 1.00. The highest BCUT2D eigenvalue weighted by Gasteiger charge is 2.55. The van der Waals surface area contributed by atoms with Gasteiger partial charge in [-0.1, -0.05) is 6.42 Å². The van der Waals surface area contributed by atoms with Crippen LogP contribution in [0.5, 0.6) is 0 Å². The van der Waals surface area contributed by atoms with Crippen LogP contribution >= 0.6 is 0 Å². The summed E-state index contributed by atoms with van der Waals surface area (Å²) in [6.45, 7) is 1.68. The van der Waals surface area contributed by atoms with E-state index in [-0.39, 0.29) is 6.54 Å². The minimum Gasteiger partial charge on any atom is -0.329 e. The summed E-state index contributed by atoms with van der Waals surface area (Å²) in [5, 5.41) is 0. The van der Waals surface area contributed by atoms with Gasteiger partial charge in [0.1, 0.15) is 0 Å². The average molecular weight is 218 g/mol. The van der Waals surface area contributed by atoms with Crippen LogP contribution in [0, 0.1) is 0 Å². The Morgan fingerprint density at radius 3 is 2.14 bits per heavy atom. The maximum absolute atomic E-state index is 12.1. The minimum atomic E-state index is -3.09. The van der Waals surface area contributed by atoms with Crippen LogP contribution in [-0.2, 0) is 10.0 Å². The molecule has 0 spiro atoms. The fourth-order valence-corrected chi connectivity index (χ4v) is 4.20. The van der Waals surface area contributed by atoms with E-state index in [9.17, 15) is 8.42 Å². The molecule has 1 heterocycles. The molecule has 0 unspecified atom stereocenters. The lowest BCUT2D eigenvalue weighted by molar-refractivity contribution is 0.341. The smallest absolute Gasteiger partial charge is 0.221 e. The van der Waals surface area contributed by atoms with E-state index in [1.165, 1.54) is 0 Å². The van der Waals surface area contributed by atoms with E-state index in [1.54, 1.807) is 4.31 Å². The van der Waals surface area contributed by atoms with Crippen molar-refractivity contribution in [1.29, 1.82) is 0 Å². The van der Waals surface area contributed by atoms with Crippen molar-refractivity contribution in [2.75, 3.05) is 19.6 Å². The second-order valence-corrected chi connectivity index (χ2v) is 6.68. The van der Waals surface area contributed by atoms with Gasteiger partial charge in [-0.25, -0.2) is 12.7 Å². The molecule has 0 radical (unpaired) electrons.